The Morgan fingerprint density at radius 2 is 1.95 bits per heavy atom. The monoisotopic (exact) mass is 308 g/mol. The van der Waals surface area contributed by atoms with Crippen molar-refractivity contribution in [2.45, 2.75) is 43.1 Å². The number of carbonyl (C=O) groups excluding carboxylic acids is 1. The minimum atomic E-state index is 0.348. The van der Waals surface area contributed by atoms with Crippen LogP contribution in [0.15, 0.2) is 48.0 Å². The summed E-state index contributed by atoms with van der Waals surface area (Å²) in [7, 11) is 0. The minimum Gasteiger partial charge on any atom is -0.295 e. The van der Waals surface area contributed by atoms with E-state index in [9.17, 15) is 4.79 Å². The van der Waals surface area contributed by atoms with E-state index in [1.54, 1.807) is 0 Å². The Morgan fingerprint density at radius 3 is 2.77 bits per heavy atom. The highest BCUT2D eigenvalue weighted by atomic mass is 32.2. The second kappa shape index (κ2) is 5.58. The molecular weight excluding hydrogens is 288 g/mol. The average Bonchev–Trinajstić information content (AvgIpc) is 2.95. The van der Waals surface area contributed by atoms with Crippen LogP contribution < -0.4 is 0 Å². The maximum Gasteiger partial charge on any atom is 0.160 e. The van der Waals surface area contributed by atoms with Crippen molar-refractivity contribution >= 4 is 33.9 Å². The summed E-state index contributed by atoms with van der Waals surface area (Å²) in [4.78, 5) is 12.5. The van der Waals surface area contributed by atoms with Gasteiger partial charge in [-0.1, -0.05) is 43.3 Å². The Balaban J connectivity index is 1.87. The van der Waals surface area contributed by atoms with E-state index in [1.165, 1.54) is 34.8 Å². The molecule has 0 N–H and O–H groups in total. The fraction of sp³-hybridized carbons (Fsp3) is 0.350. The molecule has 0 spiro atoms. The molecule has 0 aliphatic carbocycles. The van der Waals surface area contributed by atoms with Gasteiger partial charge in [-0.2, -0.15) is 0 Å². The summed E-state index contributed by atoms with van der Waals surface area (Å²) in [6, 6.07) is 15.1. The molecule has 1 fully saturated rings. The molecule has 4 rings (SSSR count). The molecule has 1 unspecified atom stereocenters. The summed E-state index contributed by atoms with van der Waals surface area (Å²) >= 11 is 2.03. The largest absolute Gasteiger partial charge is 0.295 e. The third-order valence-electron chi connectivity index (χ3n) is 4.91. The first-order chi connectivity index (χ1) is 10.8. The molecule has 0 radical (unpaired) electrons. The number of ketones is 1. The first kappa shape index (κ1) is 14.1. The van der Waals surface area contributed by atoms with E-state index in [-0.39, 0.29) is 0 Å². The second-order valence-corrected chi connectivity index (χ2v) is 7.77. The van der Waals surface area contributed by atoms with Gasteiger partial charge in [-0.25, -0.2) is 0 Å². The third-order valence-corrected chi connectivity index (χ3v) is 6.49. The van der Waals surface area contributed by atoms with Crippen LogP contribution in [-0.2, 0) is 4.79 Å². The molecule has 2 bridgehead atoms. The van der Waals surface area contributed by atoms with Gasteiger partial charge in [-0.05, 0) is 47.2 Å². The summed E-state index contributed by atoms with van der Waals surface area (Å²) in [6.45, 7) is 1.99. The van der Waals surface area contributed by atoms with Crippen molar-refractivity contribution in [1.29, 1.82) is 0 Å². The zero-order chi connectivity index (χ0) is 15.1. The Bertz CT molecular complexity index is 774. The van der Waals surface area contributed by atoms with Gasteiger partial charge in [-0.3, -0.25) is 4.79 Å². The molecular formula is C20H20OS. The van der Waals surface area contributed by atoms with Gasteiger partial charge in [-0.15, -0.1) is 11.8 Å². The average molecular weight is 308 g/mol. The molecule has 2 atom stereocenters. The van der Waals surface area contributed by atoms with Crippen LogP contribution in [0.25, 0.3) is 16.3 Å². The predicted octanol–water partition coefficient (Wildman–Crippen LogP) is 5.24. The van der Waals surface area contributed by atoms with Gasteiger partial charge < -0.3 is 0 Å². The Hall–Kier alpha value is -1.54. The van der Waals surface area contributed by atoms with Gasteiger partial charge in [0.1, 0.15) is 0 Å². The molecule has 22 heavy (non-hydrogen) atoms. The number of benzene rings is 2. The molecule has 0 amide bonds. The van der Waals surface area contributed by atoms with Crippen molar-refractivity contribution in [1.82, 2.24) is 0 Å². The molecule has 0 aromatic heterocycles. The molecule has 2 heterocycles. The summed E-state index contributed by atoms with van der Waals surface area (Å²) in [5.41, 5.74) is 3.70. The fourth-order valence-corrected chi connectivity index (χ4v) is 5.47. The van der Waals surface area contributed by atoms with E-state index < -0.39 is 0 Å². The second-order valence-electron chi connectivity index (χ2n) is 6.26. The van der Waals surface area contributed by atoms with Crippen molar-refractivity contribution in [3.63, 3.8) is 0 Å². The fourth-order valence-electron chi connectivity index (χ4n) is 3.79. The van der Waals surface area contributed by atoms with Gasteiger partial charge in [0, 0.05) is 22.5 Å². The number of hydrogen-bond donors (Lipinski definition) is 0. The van der Waals surface area contributed by atoms with Crippen LogP contribution in [0.5, 0.6) is 0 Å². The minimum absolute atomic E-state index is 0.348. The zero-order valence-electron chi connectivity index (χ0n) is 12.8. The standard InChI is InChI=1S/C20H20OS/c1-2-18(21)20-17(12-16-9-10-19(20)22-16)15-8-7-13-5-3-4-6-14(13)11-15/h3-8,11,16,19H,2,9-10,12H2,1H3/t16?,19-/m1/s1. The van der Waals surface area contributed by atoms with Crippen molar-refractivity contribution in [2.75, 3.05) is 0 Å². The van der Waals surface area contributed by atoms with E-state index in [4.69, 9.17) is 0 Å². The molecule has 2 aromatic rings. The molecule has 2 aliphatic rings. The van der Waals surface area contributed by atoms with Crippen molar-refractivity contribution in [3.8, 4) is 0 Å². The van der Waals surface area contributed by atoms with Gasteiger partial charge in [0.15, 0.2) is 5.78 Å². The van der Waals surface area contributed by atoms with E-state index in [0.717, 1.165) is 12.0 Å². The molecule has 2 aromatic carbocycles. The third kappa shape index (κ3) is 2.30. The Morgan fingerprint density at radius 1 is 1.14 bits per heavy atom. The SMILES string of the molecule is CCC(=O)C1=C(c2ccc3ccccc3c2)CC2CC[C@H]1S2. The van der Waals surface area contributed by atoms with Gasteiger partial charge in [0.05, 0.1) is 0 Å². The Kier molecular flexibility index (Phi) is 3.57. The van der Waals surface area contributed by atoms with E-state index >= 15 is 0 Å². The van der Waals surface area contributed by atoms with Crippen LogP contribution in [0.3, 0.4) is 0 Å². The number of carbonyl (C=O) groups is 1. The maximum absolute atomic E-state index is 12.5. The lowest BCUT2D eigenvalue weighted by molar-refractivity contribution is -0.115. The maximum atomic E-state index is 12.5. The van der Waals surface area contributed by atoms with Crippen LogP contribution in [0.2, 0.25) is 0 Å². The molecule has 1 saturated heterocycles. The van der Waals surface area contributed by atoms with Gasteiger partial charge >= 0.3 is 0 Å². The van der Waals surface area contributed by atoms with Crippen molar-refractivity contribution in [2.24, 2.45) is 0 Å². The lowest BCUT2D eigenvalue weighted by atomic mass is 9.90. The van der Waals surface area contributed by atoms with E-state index in [0.29, 0.717) is 22.7 Å². The number of fused-ring (bicyclic) bond motifs is 3. The first-order valence-corrected chi connectivity index (χ1v) is 9.11. The van der Waals surface area contributed by atoms with Crippen LogP contribution in [0, 0.1) is 0 Å². The molecule has 0 saturated carbocycles. The zero-order valence-corrected chi connectivity index (χ0v) is 13.7. The highest BCUT2D eigenvalue weighted by Gasteiger charge is 2.37. The van der Waals surface area contributed by atoms with Crippen LogP contribution in [0.1, 0.15) is 38.2 Å². The summed E-state index contributed by atoms with van der Waals surface area (Å²) in [6.07, 6.45) is 4.11. The predicted molar refractivity (Wildman–Crippen MR) is 95.2 cm³/mol. The number of thioether (sulfide) groups is 1. The van der Waals surface area contributed by atoms with Gasteiger partial charge in [0.25, 0.3) is 0 Å². The van der Waals surface area contributed by atoms with Gasteiger partial charge in [0.2, 0.25) is 0 Å². The van der Waals surface area contributed by atoms with E-state index in [1.807, 2.05) is 18.7 Å². The van der Waals surface area contributed by atoms with Crippen molar-refractivity contribution < 1.29 is 4.79 Å². The lowest BCUT2D eigenvalue weighted by Gasteiger charge is -2.26. The van der Waals surface area contributed by atoms with Crippen molar-refractivity contribution in [3.05, 3.63) is 53.6 Å². The summed E-state index contributed by atoms with van der Waals surface area (Å²) in [5.74, 6) is 0.348. The molecule has 1 nitrogen and oxygen atoms in total. The van der Waals surface area contributed by atoms with Crippen LogP contribution in [0.4, 0.5) is 0 Å². The number of hydrogen-bond acceptors (Lipinski definition) is 2. The molecule has 2 aliphatic heterocycles. The highest BCUT2D eigenvalue weighted by molar-refractivity contribution is 8.01. The normalized spacial score (nSPS) is 24.0. The van der Waals surface area contributed by atoms with Crippen LogP contribution >= 0.6 is 11.8 Å². The quantitative estimate of drug-likeness (QED) is 0.771. The smallest absolute Gasteiger partial charge is 0.160 e. The lowest BCUT2D eigenvalue weighted by Crippen LogP contribution is -2.19. The number of Topliss-reactive ketones (excluding diaryl/α,β-unsaturated/α-hetero) is 1. The molecule has 112 valence electrons. The van der Waals surface area contributed by atoms with E-state index in [2.05, 4.69) is 42.5 Å². The summed E-state index contributed by atoms with van der Waals surface area (Å²) in [5, 5.41) is 3.68. The topological polar surface area (TPSA) is 17.1 Å². The van der Waals surface area contributed by atoms with Crippen LogP contribution in [-0.4, -0.2) is 16.3 Å². The number of allylic oxidation sites excluding steroid dienone is 1. The highest BCUT2D eigenvalue weighted by Crippen LogP contribution is 2.49. The first-order valence-electron chi connectivity index (χ1n) is 8.17. The Labute approximate surface area is 135 Å². The number of rotatable bonds is 3. The molecule has 2 heteroatoms. The summed E-state index contributed by atoms with van der Waals surface area (Å²) < 4.78 is 0.